The second-order valence-electron chi connectivity index (χ2n) is 4.08. The molecule has 0 radical (unpaired) electrons. The van der Waals surface area contributed by atoms with E-state index in [9.17, 15) is 13.2 Å². The molecular formula is C11H13F3N2. The molecule has 2 nitrogen and oxygen atoms in total. The van der Waals surface area contributed by atoms with E-state index in [1.54, 1.807) is 6.07 Å². The molecule has 0 bridgehead atoms. The van der Waals surface area contributed by atoms with Crippen LogP contribution < -0.4 is 5.32 Å². The van der Waals surface area contributed by atoms with Crippen LogP contribution in [-0.4, -0.2) is 25.2 Å². The van der Waals surface area contributed by atoms with E-state index in [0.717, 1.165) is 12.6 Å². The fourth-order valence-corrected chi connectivity index (χ4v) is 1.86. The molecule has 1 fully saturated rings. The molecule has 1 N–H and O–H groups in total. The van der Waals surface area contributed by atoms with E-state index in [4.69, 9.17) is 0 Å². The first kappa shape index (κ1) is 11.4. The Kier molecular flexibility index (Phi) is 2.90. The molecule has 0 saturated carbocycles. The number of likely N-dealkylation sites (N-methyl/N-ethyl adjacent to an activating group) is 1. The van der Waals surface area contributed by atoms with Crippen molar-refractivity contribution in [3.05, 3.63) is 35.4 Å². The van der Waals surface area contributed by atoms with Crippen LogP contribution in [0.2, 0.25) is 0 Å². The Morgan fingerprint density at radius 2 is 2.12 bits per heavy atom. The first-order valence-corrected chi connectivity index (χ1v) is 5.06. The molecule has 1 atom stereocenters. The van der Waals surface area contributed by atoms with Gasteiger partial charge in [0, 0.05) is 19.3 Å². The Labute approximate surface area is 92.1 Å². The predicted molar refractivity (Wildman–Crippen MR) is 54.8 cm³/mol. The molecule has 1 aromatic rings. The molecule has 0 spiro atoms. The number of alkyl halides is 3. The fraction of sp³-hybridized carbons (Fsp3) is 0.455. The van der Waals surface area contributed by atoms with Crippen molar-refractivity contribution in [3.8, 4) is 0 Å². The van der Waals surface area contributed by atoms with E-state index in [2.05, 4.69) is 5.32 Å². The van der Waals surface area contributed by atoms with Crippen LogP contribution in [0, 0.1) is 0 Å². The van der Waals surface area contributed by atoms with Crippen LogP contribution in [0.3, 0.4) is 0 Å². The lowest BCUT2D eigenvalue weighted by atomic mass is 10.0. The van der Waals surface area contributed by atoms with Crippen LogP contribution >= 0.6 is 0 Å². The zero-order valence-electron chi connectivity index (χ0n) is 8.88. The summed E-state index contributed by atoms with van der Waals surface area (Å²) in [5, 5.41) is 3.16. The van der Waals surface area contributed by atoms with E-state index in [1.807, 2.05) is 11.9 Å². The van der Waals surface area contributed by atoms with Gasteiger partial charge in [0.1, 0.15) is 0 Å². The van der Waals surface area contributed by atoms with Gasteiger partial charge in [-0.25, -0.2) is 0 Å². The van der Waals surface area contributed by atoms with Crippen molar-refractivity contribution < 1.29 is 13.2 Å². The lowest BCUT2D eigenvalue weighted by Gasteiger charge is -2.13. The van der Waals surface area contributed by atoms with Crippen molar-refractivity contribution in [2.75, 3.05) is 20.3 Å². The molecular weight excluding hydrogens is 217 g/mol. The lowest BCUT2D eigenvalue weighted by Crippen LogP contribution is -2.16. The zero-order chi connectivity index (χ0) is 11.8. The van der Waals surface area contributed by atoms with Gasteiger partial charge in [0.15, 0.2) is 0 Å². The van der Waals surface area contributed by atoms with Crippen LogP contribution in [0.4, 0.5) is 13.2 Å². The third kappa shape index (κ3) is 2.36. The number of rotatable bonds is 1. The summed E-state index contributed by atoms with van der Waals surface area (Å²) < 4.78 is 37.5. The van der Waals surface area contributed by atoms with E-state index in [0.29, 0.717) is 12.2 Å². The standard InChI is InChI=1S/C11H13F3N2/c1-16-6-10(15-7-16)8-3-2-4-9(5-8)11(12,13)14/h2-5,10,15H,6-7H2,1H3. The number of hydrogen-bond acceptors (Lipinski definition) is 2. The van der Waals surface area contributed by atoms with Crippen LogP contribution in [0.1, 0.15) is 17.2 Å². The van der Waals surface area contributed by atoms with Gasteiger partial charge in [0.25, 0.3) is 0 Å². The largest absolute Gasteiger partial charge is 0.416 e. The first-order chi connectivity index (χ1) is 7.47. The van der Waals surface area contributed by atoms with Crippen molar-refractivity contribution in [1.29, 1.82) is 0 Å². The molecule has 1 aliphatic heterocycles. The van der Waals surface area contributed by atoms with Gasteiger partial charge in [-0.1, -0.05) is 12.1 Å². The molecule has 1 unspecified atom stereocenters. The summed E-state index contributed by atoms with van der Waals surface area (Å²) in [7, 11) is 1.93. The minimum atomic E-state index is -4.26. The van der Waals surface area contributed by atoms with Gasteiger partial charge in [-0.05, 0) is 24.7 Å². The average molecular weight is 230 g/mol. The molecule has 1 saturated heterocycles. The van der Waals surface area contributed by atoms with Crippen molar-refractivity contribution in [3.63, 3.8) is 0 Å². The van der Waals surface area contributed by atoms with Crippen LogP contribution in [0.5, 0.6) is 0 Å². The van der Waals surface area contributed by atoms with Crippen molar-refractivity contribution in [1.82, 2.24) is 10.2 Å². The summed E-state index contributed by atoms with van der Waals surface area (Å²) >= 11 is 0. The fourth-order valence-electron chi connectivity index (χ4n) is 1.86. The second-order valence-corrected chi connectivity index (χ2v) is 4.08. The summed E-state index contributed by atoms with van der Waals surface area (Å²) in [5.74, 6) is 0. The molecule has 1 aliphatic rings. The normalized spacial score (nSPS) is 22.6. The second kappa shape index (κ2) is 4.07. The maximum absolute atomic E-state index is 12.5. The monoisotopic (exact) mass is 230 g/mol. The summed E-state index contributed by atoms with van der Waals surface area (Å²) in [6.07, 6.45) is -4.26. The minimum absolute atomic E-state index is 0.00713. The quantitative estimate of drug-likeness (QED) is 0.796. The topological polar surface area (TPSA) is 15.3 Å². The highest BCUT2D eigenvalue weighted by molar-refractivity contribution is 5.28. The SMILES string of the molecule is CN1CNC(c2cccc(C(F)(F)F)c2)C1. The molecule has 0 aromatic heterocycles. The zero-order valence-corrected chi connectivity index (χ0v) is 8.88. The van der Waals surface area contributed by atoms with Gasteiger partial charge >= 0.3 is 6.18 Å². The molecule has 1 aromatic carbocycles. The minimum Gasteiger partial charge on any atom is -0.296 e. The highest BCUT2D eigenvalue weighted by Gasteiger charge is 2.31. The van der Waals surface area contributed by atoms with E-state index in [1.165, 1.54) is 12.1 Å². The van der Waals surface area contributed by atoms with Crippen molar-refractivity contribution in [2.24, 2.45) is 0 Å². The molecule has 5 heteroatoms. The van der Waals surface area contributed by atoms with Crippen molar-refractivity contribution in [2.45, 2.75) is 12.2 Å². The van der Waals surface area contributed by atoms with Crippen LogP contribution in [0.25, 0.3) is 0 Å². The van der Waals surface area contributed by atoms with Gasteiger partial charge in [0.05, 0.1) is 5.56 Å². The molecule has 88 valence electrons. The summed E-state index contributed by atoms with van der Waals surface area (Å²) in [5.41, 5.74) is 0.112. The molecule has 16 heavy (non-hydrogen) atoms. The molecule has 0 aliphatic carbocycles. The van der Waals surface area contributed by atoms with Crippen LogP contribution in [0.15, 0.2) is 24.3 Å². The van der Waals surface area contributed by atoms with Gasteiger partial charge in [-0.2, -0.15) is 13.2 Å². The predicted octanol–water partition coefficient (Wildman–Crippen LogP) is 2.24. The number of nitrogens with one attached hydrogen (secondary N) is 1. The Balaban J connectivity index is 2.23. The third-order valence-corrected chi connectivity index (χ3v) is 2.72. The smallest absolute Gasteiger partial charge is 0.296 e. The number of nitrogens with zero attached hydrogens (tertiary/aromatic N) is 1. The molecule has 1 heterocycles. The van der Waals surface area contributed by atoms with Gasteiger partial charge in [-0.3, -0.25) is 10.2 Å². The number of hydrogen-bond donors (Lipinski definition) is 1. The van der Waals surface area contributed by atoms with E-state index in [-0.39, 0.29) is 6.04 Å². The Bertz CT molecular complexity index is 376. The maximum atomic E-state index is 12.5. The van der Waals surface area contributed by atoms with Gasteiger partial charge in [-0.15, -0.1) is 0 Å². The number of halogens is 3. The van der Waals surface area contributed by atoms with Crippen molar-refractivity contribution >= 4 is 0 Å². The Morgan fingerprint density at radius 1 is 1.38 bits per heavy atom. The molecule has 0 amide bonds. The van der Waals surface area contributed by atoms with Crippen LogP contribution in [-0.2, 0) is 6.18 Å². The highest BCUT2D eigenvalue weighted by Crippen LogP contribution is 2.31. The Morgan fingerprint density at radius 3 is 2.69 bits per heavy atom. The molecule has 2 rings (SSSR count). The highest BCUT2D eigenvalue weighted by atomic mass is 19.4. The first-order valence-electron chi connectivity index (χ1n) is 5.06. The Hall–Kier alpha value is -1.07. The van der Waals surface area contributed by atoms with E-state index >= 15 is 0 Å². The van der Waals surface area contributed by atoms with Gasteiger partial charge < -0.3 is 0 Å². The third-order valence-electron chi connectivity index (χ3n) is 2.72. The summed E-state index contributed by atoms with van der Waals surface area (Å²) in [6.45, 7) is 1.45. The average Bonchev–Trinajstić information content (AvgIpc) is 2.64. The lowest BCUT2D eigenvalue weighted by molar-refractivity contribution is -0.137. The maximum Gasteiger partial charge on any atom is 0.416 e. The summed E-state index contributed by atoms with van der Waals surface area (Å²) in [4.78, 5) is 2.03. The number of benzene rings is 1. The van der Waals surface area contributed by atoms with E-state index < -0.39 is 11.7 Å². The van der Waals surface area contributed by atoms with Gasteiger partial charge in [0.2, 0.25) is 0 Å². The summed E-state index contributed by atoms with van der Waals surface area (Å²) in [6, 6.07) is 5.50.